The van der Waals surface area contributed by atoms with Gasteiger partial charge in [-0.25, -0.2) is 0 Å². The number of hydrogen-bond donors (Lipinski definition) is 1. The summed E-state index contributed by atoms with van der Waals surface area (Å²) in [6.45, 7) is 2.85. The molecule has 0 amide bonds. The van der Waals surface area contributed by atoms with Gasteiger partial charge in [0, 0.05) is 49.0 Å². The molecule has 2 rings (SSSR count). The topological polar surface area (TPSA) is 51.4 Å². The van der Waals surface area contributed by atoms with Crippen LogP contribution in [0.4, 0.5) is 5.69 Å². The Morgan fingerprint density at radius 2 is 2.16 bits per heavy atom. The van der Waals surface area contributed by atoms with Crippen LogP contribution in [0.1, 0.15) is 0 Å². The molecule has 0 fully saturated rings. The minimum Gasteiger partial charge on any atom is -0.383 e. The number of anilines is 1. The normalized spacial score (nSPS) is 10.9. The van der Waals surface area contributed by atoms with Gasteiger partial charge < -0.3 is 15.4 Å². The summed E-state index contributed by atoms with van der Waals surface area (Å²) < 4.78 is 5.15. The van der Waals surface area contributed by atoms with Crippen molar-refractivity contribution in [2.75, 3.05) is 38.3 Å². The zero-order valence-electron chi connectivity index (χ0n) is 11.0. The third-order valence-electron chi connectivity index (χ3n) is 2.99. The lowest BCUT2D eigenvalue weighted by Gasteiger charge is -2.25. The molecule has 0 spiro atoms. The molecule has 0 aliphatic rings. The van der Waals surface area contributed by atoms with E-state index < -0.39 is 0 Å². The predicted molar refractivity (Wildman–Crippen MR) is 79.9 cm³/mol. The molecule has 1 heterocycles. The van der Waals surface area contributed by atoms with E-state index in [2.05, 4.69) is 9.88 Å². The Morgan fingerprint density at radius 3 is 2.89 bits per heavy atom. The van der Waals surface area contributed by atoms with Gasteiger partial charge >= 0.3 is 0 Å². The molecule has 1 aromatic heterocycles. The highest BCUT2D eigenvalue weighted by atomic mass is 35.5. The Labute approximate surface area is 118 Å². The fourth-order valence-corrected chi connectivity index (χ4v) is 2.26. The van der Waals surface area contributed by atoms with Crippen LogP contribution >= 0.6 is 11.6 Å². The highest BCUT2D eigenvalue weighted by molar-refractivity contribution is 6.31. The van der Waals surface area contributed by atoms with Gasteiger partial charge in [-0.15, -0.1) is 0 Å². The van der Waals surface area contributed by atoms with Crippen LogP contribution in [-0.2, 0) is 4.74 Å². The number of hydrogen-bond acceptors (Lipinski definition) is 4. The average molecular weight is 280 g/mol. The van der Waals surface area contributed by atoms with Crippen molar-refractivity contribution in [3.63, 3.8) is 0 Å². The van der Waals surface area contributed by atoms with Crippen LogP contribution in [0.25, 0.3) is 10.9 Å². The van der Waals surface area contributed by atoms with E-state index >= 15 is 0 Å². The van der Waals surface area contributed by atoms with Gasteiger partial charge in [-0.2, -0.15) is 0 Å². The number of ether oxygens (including phenoxy) is 1. The number of nitrogens with two attached hydrogens (primary N) is 1. The molecule has 0 aliphatic carbocycles. The quantitative estimate of drug-likeness (QED) is 0.882. The molecule has 0 saturated heterocycles. The maximum atomic E-state index is 6.00. The van der Waals surface area contributed by atoms with Gasteiger partial charge in [-0.1, -0.05) is 11.6 Å². The third-order valence-corrected chi connectivity index (χ3v) is 3.22. The largest absolute Gasteiger partial charge is 0.383 e. The number of pyridine rings is 1. The zero-order valence-corrected chi connectivity index (χ0v) is 11.7. The summed E-state index contributed by atoms with van der Waals surface area (Å²) in [7, 11) is 1.70. The van der Waals surface area contributed by atoms with Crippen molar-refractivity contribution in [2.45, 2.75) is 0 Å². The van der Waals surface area contributed by atoms with Crippen molar-refractivity contribution in [2.24, 2.45) is 5.73 Å². The Hall–Kier alpha value is -1.36. The maximum absolute atomic E-state index is 6.00. The molecule has 0 radical (unpaired) electrons. The first-order chi connectivity index (χ1) is 9.26. The van der Waals surface area contributed by atoms with E-state index in [1.807, 2.05) is 24.3 Å². The molecule has 0 saturated carbocycles. The summed E-state index contributed by atoms with van der Waals surface area (Å²) in [6.07, 6.45) is 1.80. The lowest BCUT2D eigenvalue weighted by Crippen LogP contribution is -2.32. The minimum atomic E-state index is 0.598. The van der Waals surface area contributed by atoms with Crippen molar-refractivity contribution >= 4 is 28.2 Å². The summed E-state index contributed by atoms with van der Waals surface area (Å²) in [4.78, 5) is 6.56. The molecule has 2 aromatic rings. The fourth-order valence-electron chi connectivity index (χ4n) is 2.09. The molecular formula is C14H18ClN3O. The Balaban J connectivity index is 2.40. The maximum Gasteiger partial charge on any atom is 0.0737 e. The number of halogens is 1. The zero-order chi connectivity index (χ0) is 13.7. The van der Waals surface area contributed by atoms with Gasteiger partial charge in [0.05, 0.1) is 12.1 Å². The summed E-state index contributed by atoms with van der Waals surface area (Å²) >= 11 is 6.00. The van der Waals surface area contributed by atoms with Gasteiger partial charge in [-0.3, -0.25) is 4.98 Å². The highest BCUT2D eigenvalue weighted by Crippen LogP contribution is 2.27. The average Bonchev–Trinajstić information content (AvgIpc) is 2.42. The van der Waals surface area contributed by atoms with Gasteiger partial charge in [0.15, 0.2) is 0 Å². The fraction of sp³-hybridized carbons (Fsp3) is 0.357. The van der Waals surface area contributed by atoms with Crippen molar-refractivity contribution < 1.29 is 4.74 Å². The summed E-state index contributed by atoms with van der Waals surface area (Å²) in [5.41, 5.74) is 7.70. The molecule has 5 heteroatoms. The summed E-state index contributed by atoms with van der Waals surface area (Å²) in [5.74, 6) is 0. The smallest absolute Gasteiger partial charge is 0.0737 e. The SMILES string of the molecule is COCCN(CCN)c1ccnc2cc(Cl)ccc12. The number of benzene rings is 1. The molecule has 0 aliphatic heterocycles. The van der Waals surface area contributed by atoms with Crippen LogP contribution in [0.3, 0.4) is 0 Å². The second-order valence-electron chi connectivity index (χ2n) is 4.26. The Kier molecular flexibility index (Phi) is 4.96. The van der Waals surface area contributed by atoms with Crippen molar-refractivity contribution in [3.8, 4) is 0 Å². The van der Waals surface area contributed by atoms with Crippen LogP contribution in [0.5, 0.6) is 0 Å². The van der Waals surface area contributed by atoms with E-state index in [9.17, 15) is 0 Å². The van der Waals surface area contributed by atoms with Crippen LogP contribution < -0.4 is 10.6 Å². The van der Waals surface area contributed by atoms with E-state index in [1.165, 1.54) is 0 Å². The second kappa shape index (κ2) is 6.70. The number of methoxy groups -OCH3 is 1. The van der Waals surface area contributed by atoms with Crippen LogP contribution in [0, 0.1) is 0 Å². The van der Waals surface area contributed by atoms with Crippen molar-refractivity contribution in [3.05, 3.63) is 35.5 Å². The monoisotopic (exact) mass is 279 g/mol. The number of rotatable bonds is 6. The van der Waals surface area contributed by atoms with Crippen molar-refractivity contribution in [1.29, 1.82) is 0 Å². The molecule has 1 aromatic carbocycles. The van der Waals surface area contributed by atoms with Gasteiger partial charge in [0.1, 0.15) is 0 Å². The van der Waals surface area contributed by atoms with Crippen molar-refractivity contribution in [1.82, 2.24) is 4.98 Å². The predicted octanol–water partition coefficient (Wildman–Crippen LogP) is 2.30. The first-order valence-corrected chi connectivity index (χ1v) is 6.62. The molecule has 0 atom stereocenters. The van der Waals surface area contributed by atoms with Crippen LogP contribution in [-0.4, -0.2) is 38.3 Å². The van der Waals surface area contributed by atoms with Gasteiger partial charge in [-0.05, 0) is 24.3 Å². The van der Waals surface area contributed by atoms with E-state index in [0.29, 0.717) is 18.2 Å². The van der Waals surface area contributed by atoms with Gasteiger partial charge in [0.25, 0.3) is 0 Å². The van der Waals surface area contributed by atoms with E-state index in [-0.39, 0.29) is 0 Å². The molecule has 0 unspecified atom stereocenters. The minimum absolute atomic E-state index is 0.598. The molecule has 2 N–H and O–H groups in total. The standard InChI is InChI=1S/C14H18ClN3O/c1-19-9-8-18(7-5-16)14-4-6-17-13-10-11(15)2-3-12(13)14/h2-4,6,10H,5,7-9,16H2,1H3. The van der Waals surface area contributed by atoms with E-state index in [4.69, 9.17) is 22.1 Å². The first-order valence-electron chi connectivity index (χ1n) is 6.24. The third kappa shape index (κ3) is 3.35. The van der Waals surface area contributed by atoms with E-state index in [0.717, 1.165) is 29.7 Å². The number of aromatic nitrogens is 1. The Morgan fingerprint density at radius 1 is 1.32 bits per heavy atom. The number of fused-ring (bicyclic) bond motifs is 1. The van der Waals surface area contributed by atoms with E-state index in [1.54, 1.807) is 13.3 Å². The van der Waals surface area contributed by atoms with Crippen LogP contribution in [0.2, 0.25) is 5.02 Å². The molecular weight excluding hydrogens is 262 g/mol. The molecule has 102 valence electrons. The number of nitrogens with zero attached hydrogens (tertiary/aromatic N) is 2. The van der Waals surface area contributed by atoms with Gasteiger partial charge in [0.2, 0.25) is 0 Å². The summed E-state index contributed by atoms with van der Waals surface area (Å²) in [6, 6.07) is 7.75. The van der Waals surface area contributed by atoms with Crippen LogP contribution in [0.15, 0.2) is 30.5 Å². The first kappa shape index (κ1) is 14.1. The molecule has 0 bridgehead atoms. The molecule has 19 heavy (non-hydrogen) atoms. The lowest BCUT2D eigenvalue weighted by molar-refractivity contribution is 0.205. The Bertz CT molecular complexity index is 547. The highest BCUT2D eigenvalue weighted by Gasteiger charge is 2.10. The second-order valence-corrected chi connectivity index (χ2v) is 4.70. The molecule has 4 nitrogen and oxygen atoms in total. The summed E-state index contributed by atoms with van der Waals surface area (Å²) in [5, 5.41) is 1.77. The lowest BCUT2D eigenvalue weighted by atomic mass is 10.1.